The number of ether oxygens (including phenoxy) is 2. The number of carboxylic acids is 1. The molecule has 3 atom stereocenters. The van der Waals surface area contributed by atoms with Gasteiger partial charge in [-0.2, -0.15) is 0 Å². The number of hydrogen-bond acceptors (Lipinski definition) is 11. The normalized spacial score (nSPS) is 25.0. The van der Waals surface area contributed by atoms with Crippen molar-refractivity contribution in [3.8, 4) is 0 Å². The Kier molecular flexibility index (Phi) is 8.34. The third-order valence-corrected chi connectivity index (χ3v) is 7.29. The number of thiophene rings is 1. The van der Waals surface area contributed by atoms with Crippen LogP contribution in [0.25, 0.3) is 0 Å². The van der Waals surface area contributed by atoms with Crippen LogP contribution in [0.1, 0.15) is 4.88 Å². The van der Waals surface area contributed by atoms with Crippen molar-refractivity contribution in [3.05, 3.63) is 33.7 Å². The number of thioether (sulfide) groups is 1. The van der Waals surface area contributed by atoms with Crippen molar-refractivity contribution in [1.29, 1.82) is 0 Å². The number of amides is 4. The van der Waals surface area contributed by atoms with E-state index in [1.807, 2.05) is 11.4 Å². The fourth-order valence-corrected chi connectivity index (χ4v) is 5.51. The lowest BCUT2D eigenvalue weighted by molar-refractivity contribution is -0.192. The third kappa shape index (κ3) is 5.57. The van der Waals surface area contributed by atoms with Crippen LogP contribution < -0.4 is 22.3 Å². The molecule has 16 heteroatoms. The molecule has 0 aromatic carbocycles. The molecule has 2 fully saturated rings. The molecular formula is C19H23N5O9S2. The van der Waals surface area contributed by atoms with Crippen LogP contribution in [-0.4, -0.2) is 83.0 Å². The number of methoxy groups -OCH3 is 1. The highest BCUT2D eigenvalue weighted by molar-refractivity contribution is 8.00. The number of hydrogen-bond donors (Lipinski definition) is 5. The van der Waals surface area contributed by atoms with Gasteiger partial charge in [0, 0.05) is 23.3 Å². The Hall–Kier alpha value is -3.18. The zero-order chi connectivity index (χ0) is 25.8. The summed E-state index contributed by atoms with van der Waals surface area (Å²) in [6.07, 6.45) is -0.973. The number of carbonyl (C=O) groups is 5. The fourth-order valence-electron chi connectivity index (χ4n) is 3.39. The predicted octanol–water partition coefficient (Wildman–Crippen LogP) is -1.53. The van der Waals surface area contributed by atoms with Gasteiger partial charge in [0.1, 0.15) is 23.7 Å². The number of nitrogens with zero attached hydrogens (tertiary/aromatic N) is 1. The maximum Gasteiger partial charge on any atom is 0.404 e. The number of carboxylic acid groups (broad SMARTS) is 1. The average Bonchev–Trinajstić information content (AvgIpc) is 3.46. The van der Waals surface area contributed by atoms with Crippen molar-refractivity contribution in [3.63, 3.8) is 0 Å². The van der Waals surface area contributed by atoms with E-state index in [-0.39, 0.29) is 36.0 Å². The van der Waals surface area contributed by atoms with E-state index in [9.17, 15) is 29.1 Å². The minimum absolute atomic E-state index is 0.0762. The van der Waals surface area contributed by atoms with Crippen LogP contribution in [0.2, 0.25) is 0 Å². The number of nitrogens with two attached hydrogens (primary N) is 2. The molecule has 4 heterocycles. The first-order valence-electron chi connectivity index (χ1n) is 9.99. The minimum Gasteiger partial charge on any atom is -0.477 e. The largest absolute Gasteiger partial charge is 0.477 e. The molecule has 0 bridgehead atoms. The van der Waals surface area contributed by atoms with Crippen LogP contribution in [0.3, 0.4) is 0 Å². The Morgan fingerprint density at radius 2 is 2.14 bits per heavy atom. The summed E-state index contributed by atoms with van der Waals surface area (Å²) in [7, 11) is 1.27. The van der Waals surface area contributed by atoms with Gasteiger partial charge in [-0.25, -0.2) is 15.1 Å². The Morgan fingerprint density at radius 1 is 1.40 bits per heavy atom. The van der Waals surface area contributed by atoms with Crippen molar-refractivity contribution in [2.45, 2.75) is 23.6 Å². The summed E-state index contributed by atoms with van der Waals surface area (Å²) in [6, 6.07) is 3.15. The van der Waals surface area contributed by atoms with Crippen LogP contribution in [0.5, 0.6) is 0 Å². The summed E-state index contributed by atoms with van der Waals surface area (Å²) in [4.78, 5) is 64.3. The van der Waals surface area contributed by atoms with Crippen molar-refractivity contribution in [1.82, 2.24) is 15.7 Å². The summed E-state index contributed by atoms with van der Waals surface area (Å²) in [5.41, 5.74) is 10.4. The van der Waals surface area contributed by atoms with Gasteiger partial charge < -0.3 is 31.4 Å². The summed E-state index contributed by atoms with van der Waals surface area (Å²) in [6.45, 7) is -0.0516. The number of hydroxylamine groups is 1. The number of fused-ring (bicyclic) bond motifs is 1. The number of primary amides is 1. The van der Waals surface area contributed by atoms with E-state index in [1.54, 1.807) is 6.07 Å². The molecule has 3 aliphatic heterocycles. The molecule has 2 saturated heterocycles. The van der Waals surface area contributed by atoms with Gasteiger partial charge in [-0.1, -0.05) is 6.07 Å². The van der Waals surface area contributed by atoms with E-state index in [0.29, 0.717) is 6.61 Å². The molecule has 0 spiro atoms. The minimum atomic E-state index is -1.66. The second kappa shape index (κ2) is 11.0. The van der Waals surface area contributed by atoms with Gasteiger partial charge in [0.2, 0.25) is 5.91 Å². The molecule has 0 unspecified atom stereocenters. The molecule has 4 rings (SSSR count). The number of rotatable bonds is 7. The quantitative estimate of drug-likeness (QED) is 0.202. The standard InChI is InChI=1S/C16H17N3O7S2.C3H6N2O2/c1-25-16(18-10(20)5-9-3-2-4-27-9)13(23)19-11(12(21)22)8(6-26-15(17)24)7-28-14(16)19;4-2-1-7-5-3(2)6/h2-4,14H,5-7H2,1H3,(H2,17,24)(H,18,20)(H,21,22);2H,1,4H2,(H,5,6)/t14-,16+;2-/m11/s1. The predicted molar refractivity (Wildman–Crippen MR) is 121 cm³/mol. The number of carbonyl (C=O) groups excluding carboxylic acids is 4. The molecule has 190 valence electrons. The zero-order valence-corrected chi connectivity index (χ0v) is 20.0. The summed E-state index contributed by atoms with van der Waals surface area (Å²) in [5, 5.41) is 13.2. The first kappa shape index (κ1) is 26.4. The maximum absolute atomic E-state index is 12.8. The van der Waals surface area contributed by atoms with Gasteiger partial charge in [-0.3, -0.25) is 24.1 Å². The van der Waals surface area contributed by atoms with E-state index in [4.69, 9.17) is 16.2 Å². The lowest BCUT2D eigenvalue weighted by atomic mass is 9.98. The molecule has 0 radical (unpaired) electrons. The van der Waals surface area contributed by atoms with Crippen molar-refractivity contribution >= 4 is 52.9 Å². The maximum atomic E-state index is 12.8. The molecule has 1 aromatic rings. The average molecular weight is 530 g/mol. The zero-order valence-electron chi connectivity index (χ0n) is 18.3. The van der Waals surface area contributed by atoms with Crippen LogP contribution >= 0.6 is 23.1 Å². The van der Waals surface area contributed by atoms with Crippen molar-refractivity contribution in [2.24, 2.45) is 11.5 Å². The van der Waals surface area contributed by atoms with Gasteiger partial charge in [-0.15, -0.1) is 23.1 Å². The monoisotopic (exact) mass is 529 g/mol. The van der Waals surface area contributed by atoms with Crippen LogP contribution in [0.15, 0.2) is 28.8 Å². The molecular weight excluding hydrogens is 506 g/mol. The molecule has 14 nitrogen and oxygen atoms in total. The van der Waals surface area contributed by atoms with Gasteiger partial charge in [-0.05, 0) is 11.4 Å². The Morgan fingerprint density at radius 3 is 2.63 bits per heavy atom. The summed E-state index contributed by atoms with van der Waals surface area (Å²) < 4.78 is 10.0. The molecule has 1 aromatic heterocycles. The van der Waals surface area contributed by atoms with E-state index in [1.165, 1.54) is 30.2 Å². The van der Waals surface area contributed by atoms with E-state index < -0.39 is 41.0 Å². The van der Waals surface area contributed by atoms with Crippen LogP contribution in [0.4, 0.5) is 4.79 Å². The lowest BCUT2D eigenvalue weighted by Crippen LogP contribution is -2.80. The SMILES string of the molecule is CO[C@@]1(NC(=O)Cc2cccs2)C(=O)N2C(C(=O)O)=C(COC(N)=O)CS[C@@H]21.N[C@@H]1CONC1=O. The second-order valence-electron chi connectivity index (χ2n) is 7.33. The number of β-lactam (4-membered cyclic amide) rings is 1. The van der Waals surface area contributed by atoms with E-state index in [2.05, 4.69) is 20.4 Å². The Balaban J connectivity index is 0.000000420. The summed E-state index contributed by atoms with van der Waals surface area (Å²) in [5.74, 6) is -2.55. The Labute approximate surface area is 206 Å². The highest BCUT2D eigenvalue weighted by atomic mass is 32.2. The van der Waals surface area contributed by atoms with Crippen molar-refractivity contribution in [2.75, 3.05) is 26.1 Å². The van der Waals surface area contributed by atoms with E-state index >= 15 is 0 Å². The van der Waals surface area contributed by atoms with Gasteiger partial charge in [0.25, 0.3) is 17.5 Å². The van der Waals surface area contributed by atoms with Crippen molar-refractivity contribution < 1.29 is 43.4 Å². The fraction of sp³-hybridized carbons (Fsp3) is 0.421. The molecule has 4 amide bonds. The number of nitrogens with one attached hydrogen (secondary N) is 2. The summed E-state index contributed by atoms with van der Waals surface area (Å²) >= 11 is 2.60. The highest BCUT2D eigenvalue weighted by Gasteiger charge is 2.66. The molecule has 3 aliphatic rings. The molecule has 0 aliphatic carbocycles. The van der Waals surface area contributed by atoms with E-state index in [0.717, 1.165) is 9.78 Å². The lowest BCUT2D eigenvalue weighted by Gasteiger charge is -2.55. The molecule has 7 N–H and O–H groups in total. The number of aliphatic carboxylic acids is 1. The topological polar surface area (TPSA) is 213 Å². The van der Waals surface area contributed by atoms with Gasteiger partial charge in [0.15, 0.2) is 0 Å². The first-order chi connectivity index (χ1) is 16.6. The van der Waals surface area contributed by atoms with Gasteiger partial charge in [0.05, 0.1) is 13.0 Å². The Bertz CT molecular complexity index is 1050. The van der Waals surface area contributed by atoms with Crippen LogP contribution in [0, 0.1) is 0 Å². The smallest absolute Gasteiger partial charge is 0.404 e. The first-order valence-corrected chi connectivity index (χ1v) is 11.9. The van der Waals surface area contributed by atoms with Crippen LogP contribution in [-0.2, 0) is 39.9 Å². The molecule has 35 heavy (non-hydrogen) atoms. The second-order valence-corrected chi connectivity index (χ2v) is 9.43. The van der Waals surface area contributed by atoms with Gasteiger partial charge >= 0.3 is 12.1 Å². The molecule has 0 saturated carbocycles. The third-order valence-electron chi connectivity index (χ3n) is 5.04. The highest BCUT2D eigenvalue weighted by Crippen LogP contribution is 2.46.